The number of phenols is 1. The maximum absolute atomic E-state index is 16.0. The summed E-state index contributed by atoms with van der Waals surface area (Å²) < 4.78 is 32.0. The minimum Gasteiger partial charge on any atom is -0.508 e. The molecule has 0 unspecified atom stereocenters. The van der Waals surface area contributed by atoms with Gasteiger partial charge in [0.1, 0.15) is 22.8 Å². The number of pyridine rings is 1. The Labute approximate surface area is 188 Å². The first kappa shape index (κ1) is 19.9. The first-order valence-electron chi connectivity index (χ1n) is 10.9. The SMILES string of the molecule is C#Cc1c(F)ccc2cc(O)cc(-c3ncc4c(N5C[C@H]6CC[C@@H]5CN6)nn(C)c4c3F)c12. The fraction of sp³-hybridized carbons (Fsp3) is 0.280. The van der Waals surface area contributed by atoms with E-state index in [1.807, 2.05) is 0 Å². The summed E-state index contributed by atoms with van der Waals surface area (Å²) in [5.74, 6) is 1.82. The summed E-state index contributed by atoms with van der Waals surface area (Å²) >= 11 is 0. The van der Waals surface area contributed by atoms with Gasteiger partial charge in [0.05, 0.1) is 10.9 Å². The van der Waals surface area contributed by atoms with E-state index in [1.165, 1.54) is 28.9 Å². The van der Waals surface area contributed by atoms with Gasteiger partial charge in [-0.15, -0.1) is 6.42 Å². The summed E-state index contributed by atoms with van der Waals surface area (Å²) in [6.45, 7) is 1.70. The highest BCUT2D eigenvalue weighted by Gasteiger charge is 2.36. The van der Waals surface area contributed by atoms with Crippen LogP contribution in [0.2, 0.25) is 0 Å². The van der Waals surface area contributed by atoms with Gasteiger partial charge in [-0.2, -0.15) is 5.10 Å². The minimum atomic E-state index is -0.590. The van der Waals surface area contributed by atoms with Crippen LogP contribution in [0.15, 0.2) is 30.5 Å². The smallest absolute Gasteiger partial charge is 0.175 e. The number of fused-ring (bicyclic) bond motifs is 5. The number of nitrogens with zero attached hydrogens (tertiary/aromatic N) is 4. The number of piperazine rings is 1. The third-order valence-electron chi connectivity index (χ3n) is 6.87. The quantitative estimate of drug-likeness (QED) is 0.461. The third-order valence-corrected chi connectivity index (χ3v) is 6.87. The average molecular weight is 445 g/mol. The number of benzene rings is 2. The maximum atomic E-state index is 16.0. The Balaban J connectivity index is 1.58. The van der Waals surface area contributed by atoms with E-state index >= 15 is 4.39 Å². The van der Waals surface area contributed by atoms with E-state index in [2.05, 4.69) is 26.2 Å². The zero-order valence-electron chi connectivity index (χ0n) is 17.9. The van der Waals surface area contributed by atoms with Crippen LogP contribution in [-0.2, 0) is 7.05 Å². The van der Waals surface area contributed by atoms with Gasteiger partial charge < -0.3 is 15.3 Å². The topological polar surface area (TPSA) is 66.2 Å². The van der Waals surface area contributed by atoms with Crippen LogP contribution < -0.4 is 10.2 Å². The van der Waals surface area contributed by atoms with Crippen LogP contribution in [0.5, 0.6) is 5.75 Å². The van der Waals surface area contributed by atoms with Gasteiger partial charge in [-0.1, -0.05) is 12.0 Å². The summed E-state index contributed by atoms with van der Waals surface area (Å²) in [6.07, 6.45) is 9.38. The Morgan fingerprint density at radius 3 is 2.79 bits per heavy atom. The van der Waals surface area contributed by atoms with Gasteiger partial charge in [-0.25, -0.2) is 8.78 Å². The van der Waals surface area contributed by atoms with Crippen LogP contribution in [0.1, 0.15) is 18.4 Å². The van der Waals surface area contributed by atoms with Gasteiger partial charge in [0, 0.05) is 49.4 Å². The Bertz CT molecular complexity index is 1480. The second-order valence-electron chi connectivity index (χ2n) is 8.78. The predicted octanol–water partition coefficient (Wildman–Crippen LogP) is 3.69. The first-order chi connectivity index (χ1) is 16.0. The number of aryl methyl sites for hydroxylation is 1. The summed E-state index contributed by atoms with van der Waals surface area (Å²) in [7, 11) is 1.70. The molecule has 0 radical (unpaired) electrons. The summed E-state index contributed by atoms with van der Waals surface area (Å²) in [6, 6.07) is 6.30. The monoisotopic (exact) mass is 445 g/mol. The lowest BCUT2D eigenvalue weighted by atomic mass is 9.93. The Kier molecular flexibility index (Phi) is 4.32. The van der Waals surface area contributed by atoms with Gasteiger partial charge in [0.25, 0.3) is 0 Å². The fourth-order valence-corrected chi connectivity index (χ4v) is 5.32. The third kappa shape index (κ3) is 2.89. The van der Waals surface area contributed by atoms with Crippen molar-refractivity contribution in [1.82, 2.24) is 20.1 Å². The molecule has 0 aliphatic carbocycles. The van der Waals surface area contributed by atoms with E-state index in [9.17, 15) is 9.50 Å². The molecule has 166 valence electrons. The number of hydrogen-bond donors (Lipinski definition) is 2. The summed E-state index contributed by atoms with van der Waals surface area (Å²) in [5, 5.41) is 19.9. The molecule has 3 aliphatic heterocycles. The van der Waals surface area contributed by atoms with Crippen molar-refractivity contribution in [2.24, 2.45) is 7.05 Å². The maximum Gasteiger partial charge on any atom is 0.175 e. The van der Waals surface area contributed by atoms with Crippen LogP contribution in [-0.4, -0.2) is 45.0 Å². The molecule has 3 aliphatic rings. The number of anilines is 1. The molecular formula is C25H21F2N5O. The average Bonchev–Trinajstić information content (AvgIpc) is 3.17. The number of piperidine rings is 2. The minimum absolute atomic E-state index is 0.00586. The standard InChI is InChI=1S/C25H21F2N5O/c1-3-17-20(26)7-4-13-8-16(33)9-18(21(13)17)23-22(27)24-19(11-29-23)25(30-31(24)2)32-12-14-5-6-15(32)10-28-14/h1,4,7-9,11,14-15,28,33H,5-6,10,12H2,2H3/t14-,15-/m1/s1. The van der Waals surface area contributed by atoms with E-state index in [-0.39, 0.29) is 22.6 Å². The van der Waals surface area contributed by atoms with Crippen molar-refractivity contribution < 1.29 is 13.9 Å². The molecule has 0 spiro atoms. The second kappa shape index (κ2) is 7.15. The van der Waals surface area contributed by atoms with Gasteiger partial charge >= 0.3 is 0 Å². The van der Waals surface area contributed by atoms with E-state index < -0.39 is 11.6 Å². The highest BCUT2D eigenvalue weighted by atomic mass is 19.1. The zero-order valence-corrected chi connectivity index (χ0v) is 17.9. The Morgan fingerprint density at radius 2 is 2.09 bits per heavy atom. The van der Waals surface area contributed by atoms with Crippen molar-refractivity contribution in [3.63, 3.8) is 0 Å². The van der Waals surface area contributed by atoms with Crippen LogP contribution in [0.3, 0.4) is 0 Å². The normalized spacial score (nSPS) is 20.0. The van der Waals surface area contributed by atoms with E-state index in [0.29, 0.717) is 33.8 Å². The van der Waals surface area contributed by atoms with Crippen molar-refractivity contribution >= 4 is 27.5 Å². The highest BCUT2D eigenvalue weighted by Crippen LogP contribution is 2.39. The molecule has 2 atom stereocenters. The predicted molar refractivity (Wildman–Crippen MR) is 123 cm³/mol. The van der Waals surface area contributed by atoms with Gasteiger partial charge in [0.2, 0.25) is 0 Å². The molecular weight excluding hydrogens is 424 g/mol. The summed E-state index contributed by atoms with van der Waals surface area (Å²) in [4.78, 5) is 6.67. The molecule has 2 N–H and O–H groups in total. The molecule has 8 heteroatoms. The molecule has 2 aromatic heterocycles. The van der Waals surface area contributed by atoms with Crippen molar-refractivity contribution in [3.05, 3.63) is 47.7 Å². The molecule has 0 saturated carbocycles. The van der Waals surface area contributed by atoms with Crippen molar-refractivity contribution in [3.8, 4) is 29.4 Å². The Morgan fingerprint density at radius 1 is 1.24 bits per heavy atom. The summed E-state index contributed by atoms with van der Waals surface area (Å²) in [5.41, 5.74) is 0.536. The molecule has 2 bridgehead atoms. The van der Waals surface area contributed by atoms with Crippen LogP contribution >= 0.6 is 0 Å². The number of nitrogens with one attached hydrogen (secondary N) is 1. The van der Waals surface area contributed by atoms with Crippen LogP contribution in [0.25, 0.3) is 32.9 Å². The number of aromatic hydroxyl groups is 1. The van der Waals surface area contributed by atoms with Crippen LogP contribution in [0, 0.1) is 24.0 Å². The highest BCUT2D eigenvalue weighted by molar-refractivity contribution is 6.03. The van der Waals surface area contributed by atoms with Crippen LogP contribution in [0.4, 0.5) is 14.6 Å². The molecule has 0 amide bonds. The molecule has 7 rings (SSSR count). The molecule has 3 saturated heterocycles. The van der Waals surface area contributed by atoms with Crippen molar-refractivity contribution in [1.29, 1.82) is 0 Å². The second-order valence-corrected chi connectivity index (χ2v) is 8.78. The lowest BCUT2D eigenvalue weighted by Gasteiger charge is -2.46. The molecule has 5 heterocycles. The van der Waals surface area contributed by atoms with Gasteiger partial charge in [-0.3, -0.25) is 9.67 Å². The largest absolute Gasteiger partial charge is 0.508 e. The van der Waals surface area contributed by atoms with E-state index in [4.69, 9.17) is 6.42 Å². The lowest BCUT2D eigenvalue weighted by Crippen LogP contribution is -2.61. The molecule has 2 aromatic carbocycles. The number of aromatic nitrogens is 3. The van der Waals surface area contributed by atoms with E-state index in [1.54, 1.807) is 13.2 Å². The van der Waals surface area contributed by atoms with E-state index in [0.717, 1.165) is 31.7 Å². The van der Waals surface area contributed by atoms with Gasteiger partial charge in [-0.05, 0) is 36.4 Å². The Hall–Kier alpha value is -3.70. The lowest BCUT2D eigenvalue weighted by molar-refractivity contribution is 0.289. The number of halogens is 2. The van der Waals surface area contributed by atoms with Crippen molar-refractivity contribution in [2.45, 2.75) is 24.9 Å². The fourth-order valence-electron chi connectivity index (χ4n) is 5.32. The van der Waals surface area contributed by atoms with Crippen molar-refractivity contribution in [2.75, 3.05) is 18.0 Å². The zero-order chi connectivity index (χ0) is 22.9. The first-order valence-corrected chi connectivity index (χ1v) is 10.9. The molecule has 4 aromatic rings. The number of phenolic OH excluding ortho intramolecular Hbond substituents is 1. The molecule has 3 fully saturated rings. The van der Waals surface area contributed by atoms with Gasteiger partial charge in [0.15, 0.2) is 11.6 Å². The number of hydrogen-bond acceptors (Lipinski definition) is 5. The number of rotatable bonds is 2. The number of terminal acetylenes is 1. The molecule has 33 heavy (non-hydrogen) atoms. The molecule has 6 nitrogen and oxygen atoms in total.